The molecule has 5 heteroatoms. The van der Waals surface area contributed by atoms with E-state index in [1.54, 1.807) is 12.1 Å². The molecule has 0 saturated carbocycles. The van der Waals surface area contributed by atoms with Crippen LogP contribution in [0.2, 0.25) is 0 Å². The van der Waals surface area contributed by atoms with Crippen molar-refractivity contribution in [2.24, 2.45) is 7.05 Å². The molecular weight excluding hydrogens is 336 g/mol. The number of aromatic hydroxyl groups is 1. The van der Waals surface area contributed by atoms with Crippen LogP contribution < -0.4 is 0 Å². The van der Waals surface area contributed by atoms with E-state index in [0.29, 0.717) is 0 Å². The molecule has 5 nitrogen and oxygen atoms in total. The van der Waals surface area contributed by atoms with Gasteiger partial charge in [0.15, 0.2) is 0 Å². The van der Waals surface area contributed by atoms with Gasteiger partial charge in [-0.25, -0.2) is 4.98 Å². The number of hydrogen-bond acceptors (Lipinski definition) is 3. The van der Waals surface area contributed by atoms with E-state index in [9.17, 15) is 5.11 Å². The second kappa shape index (κ2) is 7.11. The molecule has 2 aromatic heterocycles. The van der Waals surface area contributed by atoms with Gasteiger partial charge in [0.05, 0.1) is 29.5 Å². The monoisotopic (exact) mass is 358 g/mol. The molecule has 0 aliphatic rings. The zero-order valence-electron chi connectivity index (χ0n) is 15.4. The van der Waals surface area contributed by atoms with Crippen molar-refractivity contribution in [3.05, 3.63) is 78.9 Å². The standard InChI is InChI=1S/C22H22N4O/c1-3-19(20-12-13-24-25(20)2)26-15-23-21(16-8-5-4-6-9-16)22(26)17-10-7-11-18(27)14-17/h4-15,19,27H,3H2,1-2H3. The molecule has 0 radical (unpaired) electrons. The highest BCUT2D eigenvalue weighted by atomic mass is 16.3. The average Bonchev–Trinajstić information content (AvgIpc) is 3.31. The third kappa shape index (κ3) is 3.12. The lowest BCUT2D eigenvalue weighted by Crippen LogP contribution is -2.14. The van der Waals surface area contributed by atoms with E-state index in [1.165, 1.54) is 0 Å². The van der Waals surface area contributed by atoms with Crippen LogP contribution >= 0.6 is 0 Å². The first-order valence-electron chi connectivity index (χ1n) is 9.08. The van der Waals surface area contributed by atoms with Crippen molar-refractivity contribution in [1.82, 2.24) is 19.3 Å². The molecule has 0 amide bonds. The van der Waals surface area contributed by atoms with E-state index in [-0.39, 0.29) is 11.8 Å². The van der Waals surface area contributed by atoms with Gasteiger partial charge in [0, 0.05) is 24.4 Å². The van der Waals surface area contributed by atoms with E-state index >= 15 is 0 Å². The van der Waals surface area contributed by atoms with Crippen molar-refractivity contribution >= 4 is 0 Å². The summed E-state index contributed by atoms with van der Waals surface area (Å²) in [7, 11) is 1.96. The number of rotatable bonds is 5. The minimum Gasteiger partial charge on any atom is -0.508 e. The number of phenolic OH excluding ortho intramolecular Hbond substituents is 1. The lowest BCUT2D eigenvalue weighted by molar-refractivity contribution is 0.475. The van der Waals surface area contributed by atoms with Gasteiger partial charge in [-0.2, -0.15) is 5.10 Å². The summed E-state index contributed by atoms with van der Waals surface area (Å²) in [6, 6.07) is 19.6. The average molecular weight is 358 g/mol. The summed E-state index contributed by atoms with van der Waals surface area (Å²) in [5, 5.41) is 14.4. The van der Waals surface area contributed by atoms with Crippen LogP contribution in [0.5, 0.6) is 5.75 Å². The number of benzene rings is 2. The molecule has 4 rings (SSSR count). The Balaban J connectivity index is 1.95. The second-order valence-electron chi connectivity index (χ2n) is 6.57. The van der Waals surface area contributed by atoms with Crippen molar-refractivity contribution in [3.63, 3.8) is 0 Å². The fraction of sp³-hybridized carbons (Fsp3) is 0.182. The number of nitrogens with zero attached hydrogens (tertiary/aromatic N) is 4. The van der Waals surface area contributed by atoms with Gasteiger partial charge in [0.1, 0.15) is 5.75 Å². The third-order valence-corrected chi connectivity index (χ3v) is 4.88. The molecule has 2 aromatic carbocycles. The highest BCUT2D eigenvalue weighted by Gasteiger charge is 2.22. The number of aromatic nitrogens is 4. The van der Waals surface area contributed by atoms with Gasteiger partial charge < -0.3 is 9.67 Å². The topological polar surface area (TPSA) is 55.9 Å². The van der Waals surface area contributed by atoms with Crippen molar-refractivity contribution in [2.75, 3.05) is 0 Å². The third-order valence-electron chi connectivity index (χ3n) is 4.88. The lowest BCUT2D eigenvalue weighted by atomic mass is 10.0. The Morgan fingerprint density at radius 2 is 1.78 bits per heavy atom. The largest absolute Gasteiger partial charge is 0.508 e. The minimum absolute atomic E-state index is 0.0970. The van der Waals surface area contributed by atoms with Crippen LogP contribution in [0, 0.1) is 0 Å². The normalized spacial score (nSPS) is 12.2. The lowest BCUT2D eigenvalue weighted by Gasteiger charge is -2.21. The van der Waals surface area contributed by atoms with E-state index in [1.807, 2.05) is 60.7 Å². The molecular formula is C22H22N4O. The Labute approximate surface area is 158 Å². The highest BCUT2D eigenvalue weighted by Crippen LogP contribution is 2.36. The number of hydrogen-bond donors (Lipinski definition) is 1. The Morgan fingerprint density at radius 1 is 1.00 bits per heavy atom. The number of imidazole rings is 1. The molecule has 27 heavy (non-hydrogen) atoms. The van der Waals surface area contributed by atoms with Crippen molar-refractivity contribution in [3.8, 4) is 28.3 Å². The molecule has 0 spiro atoms. The SMILES string of the molecule is CCC(c1ccnn1C)n1cnc(-c2ccccc2)c1-c1cccc(O)c1. The Bertz CT molecular complexity index is 1050. The fourth-order valence-corrected chi connectivity index (χ4v) is 3.60. The predicted molar refractivity (Wildman–Crippen MR) is 106 cm³/mol. The first-order valence-corrected chi connectivity index (χ1v) is 9.08. The molecule has 0 aliphatic carbocycles. The van der Waals surface area contributed by atoms with Crippen molar-refractivity contribution in [2.45, 2.75) is 19.4 Å². The van der Waals surface area contributed by atoms with E-state index in [2.05, 4.69) is 28.7 Å². The summed E-state index contributed by atoms with van der Waals surface area (Å²) in [4.78, 5) is 4.75. The van der Waals surface area contributed by atoms with Gasteiger partial charge in [-0.15, -0.1) is 0 Å². The molecule has 0 saturated heterocycles. The van der Waals surface area contributed by atoms with Crippen molar-refractivity contribution < 1.29 is 5.11 Å². The van der Waals surface area contributed by atoms with E-state index < -0.39 is 0 Å². The molecule has 136 valence electrons. The fourth-order valence-electron chi connectivity index (χ4n) is 3.60. The van der Waals surface area contributed by atoms with Crippen LogP contribution in [-0.2, 0) is 7.05 Å². The molecule has 0 fully saturated rings. The minimum atomic E-state index is 0.0970. The maximum atomic E-state index is 10.0. The molecule has 2 heterocycles. The summed E-state index contributed by atoms with van der Waals surface area (Å²) < 4.78 is 4.09. The molecule has 0 bridgehead atoms. The Kier molecular flexibility index (Phi) is 4.50. The summed E-state index contributed by atoms with van der Waals surface area (Å²) in [5.41, 5.74) is 5.00. The van der Waals surface area contributed by atoms with E-state index in [4.69, 9.17) is 4.98 Å². The summed E-state index contributed by atoms with van der Waals surface area (Å²) in [6.45, 7) is 2.16. The summed E-state index contributed by atoms with van der Waals surface area (Å²) >= 11 is 0. The smallest absolute Gasteiger partial charge is 0.116 e. The maximum Gasteiger partial charge on any atom is 0.116 e. The van der Waals surface area contributed by atoms with Gasteiger partial charge in [-0.1, -0.05) is 49.4 Å². The molecule has 1 N–H and O–H groups in total. The van der Waals surface area contributed by atoms with E-state index in [0.717, 1.165) is 34.6 Å². The Hall–Kier alpha value is -3.34. The molecule has 4 aromatic rings. The maximum absolute atomic E-state index is 10.0. The zero-order chi connectivity index (χ0) is 18.8. The number of phenols is 1. The number of aryl methyl sites for hydroxylation is 1. The quantitative estimate of drug-likeness (QED) is 0.565. The predicted octanol–water partition coefficient (Wildman–Crippen LogP) is 4.66. The Morgan fingerprint density at radius 3 is 2.44 bits per heavy atom. The van der Waals surface area contributed by atoms with Crippen LogP contribution in [0.3, 0.4) is 0 Å². The summed E-state index contributed by atoms with van der Waals surface area (Å²) in [5.74, 6) is 0.243. The second-order valence-corrected chi connectivity index (χ2v) is 6.57. The summed E-state index contributed by atoms with van der Waals surface area (Å²) in [6.07, 6.45) is 4.61. The first-order chi connectivity index (χ1) is 13.2. The zero-order valence-corrected chi connectivity index (χ0v) is 15.4. The molecule has 0 aliphatic heterocycles. The first kappa shape index (κ1) is 17.1. The van der Waals surface area contributed by atoms with Crippen LogP contribution in [0.15, 0.2) is 73.2 Å². The molecule has 1 unspecified atom stereocenters. The van der Waals surface area contributed by atoms with Gasteiger partial charge in [-0.05, 0) is 24.6 Å². The van der Waals surface area contributed by atoms with Gasteiger partial charge in [0.25, 0.3) is 0 Å². The van der Waals surface area contributed by atoms with Crippen LogP contribution in [-0.4, -0.2) is 24.4 Å². The van der Waals surface area contributed by atoms with Crippen LogP contribution in [0.4, 0.5) is 0 Å². The van der Waals surface area contributed by atoms with Crippen molar-refractivity contribution in [1.29, 1.82) is 0 Å². The van der Waals surface area contributed by atoms with Crippen LogP contribution in [0.25, 0.3) is 22.5 Å². The highest BCUT2D eigenvalue weighted by molar-refractivity contribution is 5.79. The van der Waals surface area contributed by atoms with Gasteiger partial charge >= 0.3 is 0 Å². The van der Waals surface area contributed by atoms with Gasteiger partial charge in [0.2, 0.25) is 0 Å². The van der Waals surface area contributed by atoms with Gasteiger partial charge in [-0.3, -0.25) is 4.68 Å². The van der Waals surface area contributed by atoms with Crippen LogP contribution in [0.1, 0.15) is 25.1 Å². The molecule has 1 atom stereocenters.